The van der Waals surface area contributed by atoms with Gasteiger partial charge in [0.05, 0.1) is 29.8 Å². The van der Waals surface area contributed by atoms with Gasteiger partial charge in [-0.05, 0) is 67.0 Å². The average Bonchev–Trinajstić information content (AvgIpc) is 3.26. The fourth-order valence-electron chi connectivity index (χ4n) is 3.88. The van der Waals surface area contributed by atoms with Gasteiger partial charge in [0.1, 0.15) is 17.0 Å². The Morgan fingerprint density at radius 2 is 1.66 bits per heavy atom. The van der Waals surface area contributed by atoms with Gasteiger partial charge in [0.25, 0.3) is 0 Å². The third-order valence-corrected chi connectivity index (χ3v) is 11.7. The van der Waals surface area contributed by atoms with Crippen LogP contribution in [-0.2, 0) is 11.0 Å². The molecule has 0 saturated carbocycles. The van der Waals surface area contributed by atoms with Gasteiger partial charge in [-0.3, -0.25) is 14.5 Å². The molecule has 1 aromatic carbocycles. The zero-order valence-corrected chi connectivity index (χ0v) is 23.7. The summed E-state index contributed by atoms with van der Waals surface area (Å²) in [6.07, 6.45) is 5.15. The van der Waals surface area contributed by atoms with E-state index in [0.717, 1.165) is 33.7 Å². The number of nitrogens with zero attached hydrogens (tertiary/aromatic N) is 6. The lowest BCUT2D eigenvalue weighted by molar-refractivity contribution is 0.276. The smallest absolute Gasteiger partial charge is 0.192 e. The van der Waals surface area contributed by atoms with Crippen molar-refractivity contribution in [2.24, 2.45) is 0 Å². The average molecular weight is 524 g/mol. The van der Waals surface area contributed by atoms with Crippen molar-refractivity contribution in [1.29, 1.82) is 0 Å². The van der Waals surface area contributed by atoms with Crippen molar-refractivity contribution in [1.82, 2.24) is 29.5 Å². The van der Waals surface area contributed by atoms with Crippen LogP contribution in [0.15, 0.2) is 67.1 Å². The number of aromatic nitrogens is 6. The molecule has 38 heavy (non-hydrogen) atoms. The summed E-state index contributed by atoms with van der Waals surface area (Å²) in [5.74, 6) is 1.09. The first kappa shape index (κ1) is 25.7. The SMILES string of the molecule is Cc1cnc(-c2ccc3nc(-c4cccnc4N)n(-c4ccc(CO[Si](C)(C)C(C)(C)C)cc4)c3n2)cn1. The first-order valence-corrected chi connectivity index (χ1v) is 15.6. The molecule has 4 heterocycles. The topological polar surface area (TPSA) is 105 Å². The van der Waals surface area contributed by atoms with Crippen LogP contribution in [0, 0.1) is 6.92 Å². The zero-order chi connectivity index (χ0) is 27.1. The van der Waals surface area contributed by atoms with Crippen molar-refractivity contribution in [3.63, 3.8) is 0 Å². The zero-order valence-electron chi connectivity index (χ0n) is 22.7. The number of fused-ring (bicyclic) bond motifs is 1. The Hall–Kier alpha value is -3.95. The van der Waals surface area contributed by atoms with E-state index in [1.165, 1.54) is 0 Å². The van der Waals surface area contributed by atoms with E-state index >= 15 is 0 Å². The summed E-state index contributed by atoms with van der Waals surface area (Å²) in [6.45, 7) is 13.8. The molecule has 2 N–H and O–H groups in total. The summed E-state index contributed by atoms with van der Waals surface area (Å²) >= 11 is 0. The summed E-state index contributed by atoms with van der Waals surface area (Å²) in [5, 5.41) is 0.159. The van der Waals surface area contributed by atoms with Gasteiger partial charge in [0.15, 0.2) is 19.8 Å². The Bertz CT molecular complexity index is 1590. The number of anilines is 1. The molecule has 0 saturated heterocycles. The highest BCUT2D eigenvalue weighted by molar-refractivity contribution is 6.74. The molecule has 0 spiro atoms. The highest BCUT2D eigenvalue weighted by Crippen LogP contribution is 2.37. The number of hydrogen-bond donors (Lipinski definition) is 1. The molecule has 0 radical (unpaired) electrons. The van der Waals surface area contributed by atoms with Crippen molar-refractivity contribution in [2.45, 2.75) is 52.4 Å². The van der Waals surface area contributed by atoms with Gasteiger partial charge in [-0.2, -0.15) is 0 Å². The predicted octanol–water partition coefficient (Wildman–Crippen LogP) is 6.35. The number of aryl methyl sites for hydroxylation is 1. The van der Waals surface area contributed by atoms with Crippen LogP contribution < -0.4 is 5.73 Å². The van der Waals surface area contributed by atoms with Gasteiger partial charge >= 0.3 is 0 Å². The lowest BCUT2D eigenvalue weighted by atomic mass is 10.2. The number of nitrogen functional groups attached to an aromatic ring is 1. The minimum absolute atomic E-state index is 0.159. The van der Waals surface area contributed by atoms with Gasteiger partial charge in [-0.15, -0.1) is 0 Å². The molecule has 0 aliphatic heterocycles. The number of imidazole rings is 1. The van der Waals surface area contributed by atoms with E-state index in [1.807, 2.05) is 35.8 Å². The quantitative estimate of drug-likeness (QED) is 0.258. The second-order valence-electron chi connectivity index (χ2n) is 11.0. The molecule has 194 valence electrons. The molecule has 0 aliphatic rings. The maximum Gasteiger partial charge on any atom is 0.192 e. The molecule has 0 unspecified atom stereocenters. The van der Waals surface area contributed by atoms with Crippen molar-refractivity contribution in [2.75, 3.05) is 5.73 Å². The number of pyridine rings is 2. The van der Waals surface area contributed by atoms with Crippen LogP contribution in [0.1, 0.15) is 32.0 Å². The molecule has 5 aromatic rings. The normalized spacial score (nSPS) is 12.3. The summed E-state index contributed by atoms with van der Waals surface area (Å²) in [5.41, 5.74) is 12.8. The second kappa shape index (κ2) is 9.73. The van der Waals surface area contributed by atoms with Crippen molar-refractivity contribution < 1.29 is 4.43 Å². The maximum absolute atomic E-state index is 6.43. The predicted molar refractivity (Wildman–Crippen MR) is 154 cm³/mol. The molecule has 4 aromatic heterocycles. The summed E-state index contributed by atoms with van der Waals surface area (Å²) in [6, 6.07) is 16.0. The summed E-state index contributed by atoms with van der Waals surface area (Å²) in [7, 11) is -1.85. The van der Waals surface area contributed by atoms with Gasteiger partial charge in [-0.1, -0.05) is 32.9 Å². The molecule has 0 atom stereocenters. The number of hydrogen-bond acceptors (Lipinski definition) is 7. The van der Waals surface area contributed by atoms with Crippen LogP contribution in [0.2, 0.25) is 18.1 Å². The van der Waals surface area contributed by atoms with Crippen LogP contribution in [0.25, 0.3) is 39.6 Å². The molecule has 0 aliphatic carbocycles. The molecule has 8 nitrogen and oxygen atoms in total. The van der Waals surface area contributed by atoms with Crippen LogP contribution >= 0.6 is 0 Å². The van der Waals surface area contributed by atoms with E-state index < -0.39 is 8.32 Å². The van der Waals surface area contributed by atoms with Gasteiger partial charge < -0.3 is 10.2 Å². The first-order chi connectivity index (χ1) is 18.0. The molecular weight excluding hydrogens is 490 g/mol. The number of nitrogens with two attached hydrogens (primary N) is 1. The number of benzene rings is 1. The Morgan fingerprint density at radius 3 is 2.32 bits per heavy atom. The third-order valence-electron chi connectivity index (χ3n) is 7.23. The molecule has 5 rings (SSSR count). The van der Waals surface area contributed by atoms with Gasteiger partial charge in [0.2, 0.25) is 0 Å². The Kier molecular flexibility index (Phi) is 6.58. The first-order valence-electron chi connectivity index (χ1n) is 12.7. The lowest BCUT2D eigenvalue weighted by Gasteiger charge is -2.36. The van der Waals surface area contributed by atoms with E-state index in [2.05, 4.69) is 73.1 Å². The number of rotatable bonds is 6. The molecule has 0 fully saturated rings. The standard InChI is InChI=1S/C29H33N7OSi/c1-19-16-33-25(17-32-19)23-13-14-24-28(34-23)36(27(35-24)22-8-7-15-31-26(22)30)21-11-9-20(10-12-21)18-37-38(5,6)29(2,3)4/h7-17H,18H2,1-6H3,(H2,30,31). The summed E-state index contributed by atoms with van der Waals surface area (Å²) in [4.78, 5) is 23.1. The molecule has 0 amide bonds. The Labute approximate surface area is 224 Å². The highest BCUT2D eigenvalue weighted by Gasteiger charge is 2.37. The minimum Gasteiger partial charge on any atom is -0.413 e. The highest BCUT2D eigenvalue weighted by atomic mass is 28.4. The van der Waals surface area contributed by atoms with Gasteiger partial charge in [-0.25, -0.2) is 15.0 Å². The van der Waals surface area contributed by atoms with Crippen molar-refractivity contribution in [3.8, 4) is 28.5 Å². The lowest BCUT2D eigenvalue weighted by Crippen LogP contribution is -2.40. The van der Waals surface area contributed by atoms with Crippen LogP contribution in [0.5, 0.6) is 0 Å². The van der Waals surface area contributed by atoms with E-state index in [-0.39, 0.29) is 5.04 Å². The maximum atomic E-state index is 6.43. The Balaban J connectivity index is 1.59. The molecule has 9 heteroatoms. The van der Waals surface area contributed by atoms with Crippen molar-refractivity contribution >= 4 is 25.3 Å². The Morgan fingerprint density at radius 1 is 0.895 bits per heavy atom. The van der Waals surface area contributed by atoms with E-state index in [9.17, 15) is 0 Å². The van der Waals surface area contributed by atoms with Crippen LogP contribution in [0.4, 0.5) is 5.82 Å². The van der Waals surface area contributed by atoms with E-state index in [0.29, 0.717) is 29.6 Å². The van der Waals surface area contributed by atoms with E-state index in [4.69, 9.17) is 20.1 Å². The molecule has 0 bridgehead atoms. The summed E-state index contributed by atoms with van der Waals surface area (Å²) < 4.78 is 8.45. The van der Waals surface area contributed by atoms with E-state index in [1.54, 1.807) is 18.6 Å². The molecular formula is C29H33N7OSi. The third kappa shape index (κ3) is 4.94. The largest absolute Gasteiger partial charge is 0.413 e. The van der Waals surface area contributed by atoms with Crippen LogP contribution in [0.3, 0.4) is 0 Å². The van der Waals surface area contributed by atoms with Crippen molar-refractivity contribution in [3.05, 3.63) is 78.4 Å². The minimum atomic E-state index is -1.85. The second-order valence-corrected chi connectivity index (χ2v) is 15.8. The monoisotopic (exact) mass is 523 g/mol. The van der Waals surface area contributed by atoms with Gasteiger partial charge in [0, 0.05) is 18.1 Å². The fraction of sp³-hybridized carbons (Fsp3) is 0.276. The fourth-order valence-corrected chi connectivity index (χ4v) is 4.84. The van der Waals surface area contributed by atoms with Crippen LogP contribution in [-0.4, -0.2) is 37.8 Å².